The van der Waals surface area contributed by atoms with Crippen molar-refractivity contribution in [3.05, 3.63) is 29.8 Å². The summed E-state index contributed by atoms with van der Waals surface area (Å²) in [5.74, 6) is 0.941. The van der Waals surface area contributed by atoms with E-state index in [4.69, 9.17) is 4.99 Å². The van der Waals surface area contributed by atoms with Gasteiger partial charge in [0.25, 0.3) is 0 Å². The van der Waals surface area contributed by atoms with Gasteiger partial charge in [0.15, 0.2) is 0 Å². The van der Waals surface area contributed by atoms with E-state index in [9.17, 15) is 0 Å². The number of hydrogen-bond donors (Lipinski definition) is 0. The van der Waals surface area contributed by atoms with Crippen LogP contribution in [0.25, 0.3) is 0 Å². The molecular weight excluding hydrogens is 194 g/mol. The van der Waals surface area contributed by atoms with Crippen LogP contribution in [0.3, 0.4) is 0 Å². The molecule has 86 valence electrons. The van der Waals surface area contributed by atoms with E-state index in [1.54, 1.807) is 0 Å². The monoisotopic (exact) mass is 215 g/mol. The zero-order valence-electron chi connectivity index (χ0n) is 10.4. The van der Waals surface area contributed by atoms with E-state index < -0.39 is 0 Å². The Balaban J connectivity index is 2.03. The molecule has 1 aliphatic rings. The van der Waals surface area contributed by atoms with E-state index in [-0.39, 0.29) is 0 Å². The molecule has 1 aromatic rings. The molecule has 1 fully saturated rings. The Morgan fingerprint density at radius 2 is 2.00 bits per heavy atom. The van der Waals surface area contributed by atoms with E-state index in [1.807, 2.05) is 0 Å². The molecule has 0 aromatic heterocycles. The maximum Gasteiger partial charge on any atom is 0.0631 e. The zero-order chi connectivity index (χ0) is 11.4. The fraction of sp³-hybridized carbons (Fsp3) is 0.533. The number of aryl methyl sites for hydroxylation is 1. The summed E-state index contributed by atoms with van der Waals surface area (Å²) in [5, 5.41) is 0. The molecule has 1 saturated carbocycles. The maximum absolute atomic E-state index is 4.76. The summed E-state index contributed by atoms with van der Waals surface area (Å²) in [6.45, 7) is 4.42. The summed E-state index contributed by atoms with van der Waals surface area (Å²) in [5.41, 5.74) is 3.82. The van der Waals surface area contributed by atoms with Crippen LogP contribution in [0.15, 0.2) is 29.3 Å². The van der Waals surface area contributed by atoms with Gasteiger partial charge in [-0.2, -0.15) is 0 Å². The van der Waals surface area contributed by atoms with Gasteiger partial charge in [0.2, 0.25) is 0 Å². The predicted molar refractivity (Wildman–Crippen MR) is 70.5 cm³/mol. The first-order valence-corrected chi connectivity index (χ1v) is 6.41. The van der Waals surface area contributed by atoms with E-state index in [0.717, 1.165) is 11.6 Å². The fourth-order valence-electron chi connectivity index (χ4n) is 2.41. The highest BCUT2D eigenvalue weighted by molar-refractivity contribution is 5.87. The van der Waals surface area contributed by atoms with Crippen molar-refractivity contribution in [3.63, 3.8) is 0 Å². The topological polar surface area (TPSA) is 12.4 Å². The second-order valence-corrected chi connectivity index (χ2v) is 4.87. The first-order chi connectivity index (χ1) is 7.78. The molecule has 0 heterocycles. The van der Waals surface area contributed by atoms with Crippen molar-refractivity contribution in [3.8, 4) is 0 Å². The highest BCUT2D eigenvalue weighted by Crippen LogP contribution is 2.26. The lowest BCUT2D eigenvalue weighted by atomic mass is 9.86. The minimum atomic E-state index is 0.941. The van der Waals surface area contributed by atoms with Gasteiger partial charge in [-0.05, 0) is 56.2 Å². The van der Waals surface area contributed by atoms with E-state index >= 15 is 0 Å². The van der Waals surface area contributed by atoms with Crippen molar-refractivity contribution in [2.75, 3.05) is 0 Å². The van der Waals surface area contributed by atoms with Gasteiger partial charge in [-0.15, -0.1) is 0 Å². The second-order valence-electron chi connectivity index (χ2n) is 4.87. The second kappa shape index (κ2) is 5.29. The largest absolute Gasteiger partial charge is 0.258 e. The van der Waals surface area contributed by atoms with Gasteiger partial charge in [-0.25, -0.2) is 0 Å². The Hall–Kier alpha value is -1.11. The van der Waals surface area contributed by atoms with Crippen molar-refractivity contribution >= 4 is 11.4 Å². The third-order valence-electron chi connectivity index (χ3n) is 3.55. The molecule has 0 radical (unpaired) electrons. The van der Waals surface area contributed by atoms with Crippen LogP contribution in [-0.2, 0) is 0 Å². The van der Waals surface area contributed by atoms with Gasteiger partial charge in [-0.1, -0.05) is 25.5 Å². The van der Waals surface area contributed by atoms with Crippen LogP contribution in [0.2, 0.25) is 0 Å². The van der Waals surface area contributed by atoms with Crippen molar-refractivity contribution in [2.45, 2.75) is 46.0 Å². The molecule has 0 atom stereocenters. The molecule has 0 aliphatic heterocycles. The van der Waals surface area contributed by atoms with Gasteiger partial charge in [-0.3, -0.25) is 4.99 Å². The van der Waals surface area contributed by atoms with Gasteiger partial charge in [0.05, 0.1) is 5.69 Å². The van der Waals surface area contributed by atoms with Crippen LogP contribution in [0.5, 0.6) is 0 Å². The lowest BCUT2D eigenvalue weighted by Crippen LogP contribution is -2.13. The quantitative estimate of drug-likeness (QED) is 0.680. The maximum atomic E-state index is 4.76. The third-order valence-corrected chi connectivity index (χ3v) is 3.55. The predicted octanol–water partition coefficient (Wildman–Crippen LogP) is 4.67. The lowest BCUT2D eigenvalue weighted by Gasteiger charge is -2.21. The van der Waals surface area contributed by atoms with Crippen molar-refractivity contribution < 1.29 is 0 Å². The summed E-state index contributed by atoms with van der Waals surface area (Å²) in [6.07, 6.45) is 6.40. The molecule has 1 aromatic carbocycles. The SMILES string of the molecule is CCC1CCC(=Nc2cccc(C)c2)CC1. The van der Waals surface area contributed by atoms with E-state index in [0.29, 0.717) is 0 Å². The Kier molecular flexibility index (Phi) is 3.76. The molecule has 1 aliphatic carbocycles. The Morgan fingerprint density at radius 3 is 2.62 bits per heavy atom. The molecule has 0 N–H and O–H groups in total. The van der Waals surface area contributed by atoms with E-state index in [1.165, 1.54) is 43.4 Å². The molecule has 1 heteroatoms. The van der Waals surface area contributed by atoms with Crippen LogP contribution < -0.4 is 0 Å². The minimum Gasteiger partial charge on any atom is -0.258 e. The number of benzene rings is 1. The van der Waals surface area contributed by atoms with Crippen molar-refractivity contribution in [1.29, 1.82) is 0 Å². The van der Waals surface area contributed by atoms with E-state index in [2.05, 4.69) is 38.1 Å². The normalized spacial score (nSPS) is 20.9. The van der Waals surface area contributed by atoms with Crippen LogP contribution in [-0.4, -0.2) is 5.71 Å². The molecule has 0 spiro atoms. The third kappa shape index (κ3) is 2.94. The highest BCUT2D eigenvalue weighted by atomic mass is 14.7. The van der Waals surface area contributed by atoms with Gasteiger partial charge < -0.3 is 0 Å². The molecule has 0 bridgehead atoms. The van der Waals surface area contributed by atoms with Crippen molar-refractivity contribution in [1.82, 2.24) is 0 Å². The summed E-state index contributed by atoms with van der Waals surface area (Å²) in [7, 11) is 0. The number of hydrogen-bond acceptors (Lipinski definition) is 1. The van der Waals surface area contributed by atoms with Crippen LogP contribution in [0.1, 0.15) is 44.6 Å². The first kappa shape index (κ1) is 11.4. The summed E-state index contributed by atoms with van der Waals surface area (Å²) < 4.78 is 0. The number of aliphatic imine (C=N–C) groups is 1. The number of nitrogens with zero attached hydrogens (tertiary/aromatic N) is 1. The average molecular weight is 215 g/mol. The Bertz CT molecular complexity index is 369. The smallest absolute Gasteiger partial charge is 0.0631 e. The Morgan fingerprint density at radius 1 is 1.25 bits per heavy atom. The molecule has 2 rings (SSSR count). The highest BCUT2D eigenvalue weighted by Gasteiger charge is 2.15. The fourth-order valence-corrected chi connectivity index (χ4v) is 2.41. The van der Waals surface area contributed by atoms with Gasteiger partial charge in [0.1, 0.15) is 0 Å². The summed E-state index contributed by atoms with van der Waals surface area (Å²) in [6, 6.07) is 8.48. The molecule has 0 amide bonds. The van der Waals surface area contributed by atoms with Crippen LogP contribution in [0.4, 0.5) is 5.69 Å². The van der Waals surface area contributed by atoms with Gasteiger partial charge in [0, 0.05) is 5.71 Å². The molecular formula is C15H21N. The lowest BCUT2D eigenvalue weighted by molar-refractivity contribution is 0.429. The standard InChI is InChI=1S/C15H21N/c1-3-13-7-9-14(10-8-13)16-15-6-4-5-12(2)11-15/h4-6,11,13H,3,7-10H2,1-2H3. The van der Waals surface area contributed by atoms with Crippen LogP contribution >= 0.6 is 0 Å². The number of rotatable bonds is 2. The van der Waals surface area contributed by atoms with Gasteiger partial charge >= 0.3 is 0 Å². The average Bonchev–Trinajstić information content (AvgIpc) is 2.30. The van der Waals surface area contributed by atoms with Crippen LogP contribution in [0, 0.1) is 12.8 Å². The Labute approximate surface area is 98.6 Å². The zero-order valence-corrected chi connectivity index (χ0v) is 10.4. The first-order valence-electron chi connectivity index (χ1n) is 6.41. The minimum absolute atomic E-state index is 0.941. The molecule has 1 nitrogen and oxygen atoms in total. The van der Waals surface area contributed by atoms with Crippen molar-refractivity contribution in [2.24, 2.45) is 10.9 Å². The summed E-state index contributed by atoms with van der Waals surface area (Å²) in [4.78, 5) is 4.76. The summed E-state index contributed by atoms with van der Waals surface area (Å²) >= 11 is 0. The molecule has 0 unspecified atom stereocenters. The molecule has 0 saturated heterocycles. The molecule has 16 heavy (non-hydrogen) atoms.